The molecule has 0 aliphatic rings. The smallest absolute Gasteiger partial charge is 0.126 e. The molecule has 0 radical (unpaired) electrons. The molecule has 0 spiro atoms. The normalized spacial score (nSPS) is 12.2. The van der Waals surface area contributed by atoms with Gasteiger partial charge in [0.25, 0.3) is 0 Å². The highest BCUT2D eigenvalue weighted by Crippen LogP contribution is 2.34. The maximum Gasteiger partial charge on any atom is 0.126 e. The molecule has 1 atom stereocenters. The molecule has 1 unspecified atom stereocenters. The molecule has 0 fully saturated rings. The molecule has 0 saturated heterocycles. The summed E-state index contributed by atoms with van der Waals surface area (Å²) in [7, 11) is 3.65. The molecule has 1 aromatic carbocycles. The van der Waals surface area contributed by atoms with E-state index in [1.54, 1.807) is 25.4 Å². The molecule has 0 saturated carbocycles. The van der Waals surface area contributed by atoms with Crippen molar-refractivity contribution in [1.82, 2.24) is 0 Å². The number of aliphatic hydroxyl groups excluding tert-OH is 1. The van der Waals surface area contributed by atoms with Crippen LogP contribution in [0, 0.1) is 0 Å². The lowest BCUT2D eigenvalue weighted by Crippen LogP contribution is -2.18. The lowest BCUT2D eigenvalue weighted by molar-refractivity contribution is 0.194. The van der Waals surface area contributed by atoms with Crippen LogP contribution in [0.3, 0.4) is 0 Å². The summed E-state index contributed by atoms with van der Waals surface area (Å²) in [6.07, 6.45) is -0.559. The Morgan fingerprint density at radius 2 is 2.16 bits per heavy atom. The first-order chi connectivity index (χ1) is 9.13. The first kappa shape index (κ1) is 13.9. The molecule has 102 valence electrons. The predicted octanol–water partition coefficient (Wildman–Crippen LogP) is 3.45. The Morgan fingerprint density at radius 3 is 2.74 bits per heavy atom. The summed E-state index contributed by atoms with van der Waals surface area (Å²) in [5.41, 5.74) is 3.11. The van der Waals surface area contributed by atoms with Crippen LogP contribution in [0.1, 0.15) is 24.2 Å². The lowest BCUT2D eigenvalue weighted by Gasteiger charge is -2.24. The number of thiophene rings is 1. The SMILES string of the molecule is COc1cccc(N(C)Cc2ccsc2)c1C(C)O. The average molecular weight is 277 g/mol. The van der Waals surface area contributed by atoms with Crippen molar-refractivity contribution >= 4 is 17.0 Å². The van der Waals surface area contributed by atoms with E-state index in [1.807, 2.05) is 25.2 Å². The topological polar surface area (TPSA) is 32.7 Å². The Morgan fingerprint density at radius 1 is 1.37 bits per heavy atom. The molecular formula is C15H19NO2S. The average Bonchev–Trinajstić information content (AvgIpc) is 2.90. The number of methoxy groups -OCH3 is 1. The minimum Gasteiger partial charge on any atom is -0.496 e. The van der Waals surface area contributed by atoms with E-state index in [9.17, 15) is 5.11 Å². The van der Waals surface area contributed by atoms with E-state index in [0.717, 1.165) is 23.5 Å². The molecule has 2 rings (SSSR count). The first-order valence-electron chi connectivity index (χ1n) is 6.20. The van der Waals surface area contributed by atoms with Gasteiger partial charge in [-0.05, 0) is 41.4 Å². The van der Waals surface area contributed by atoms with Crippen LogP contribution in [0.15, 0.2) is 35.0 Å². The number of hydrogen-bond acceptors (Lipinski definition) is 4. The Balaban J connectivity index is 2.32. The summed E-state index contributed by atoms with van der Waals surface area (Å²) in [4.78, 5) is 2.13. The van der Waals surface area contributed by atoms with Crippen molar-refractivity contribution < 1.29 is 9.84 Å². The molecule has 0 aliphatic heterocycles. The van der Waals surface area contributed by atoms with E-state index in [0.29, 0.717) is 0 Å². The number of anilines is 1. The summed E-state index contributed by atoms with van der Waals surface area (Å²) in [5.74, 6) is 0.727. The highest BCUT2D eigenvalue weighted by molar-refractivity contribution is 7.07. The highest BCUT2D eigenvalue weighted by atomic mass is 32.1. The fourth-order valence-electron chi connectivity index (χ4n) is 2.20. The number of ether oxygens (including phenoxy) is 1. The van der Waals surface area contributed by atoms with Crippen LogP contribution in [0.25, 0.3) is 0 Å². The Hall–Kier alpha value is -1.52. The Kier molecular flexibility index (Phi) is 4.45. The van der Waals surface area contributed by atoms with E-state index in [1.165, 1.54) is 5.56 Å². The van der Waals surface area contributed by atoms with Crippen LogP contribution in [0.2, 0.25) is 0 Å². The van der Waals surface area contributed by atoms with Crippen molar-refractivity contribution in [3.8, 4) is 5.75 Å². The van der Waals surface area contributed by atoms with Gasteiger partial charge in [-0.2, -0.15) is 11.3 Å². The second-order valence-corrected chi connectivity index (χ2v) is 5.34. The Bertz CT molecular complexity index is 523. The third kappa shape index (κ3) is 3.08. The van der Waals surface area contributed by atoms with Gasteiger partial charge < -0.3 is 14.7 Å². The van der Waals surface area contributed by atoms with E-state index in [4.69, 9.17) is 4.74 Å². The summed E-state index contributed by atoms with van der Waals surface area (Å²) >= 11 is 1.69. The monoisotopic (exact) mass is 277 g/mol. The third-order valence-electron chi connectivity index (χ3n) is 3.09. The number of aliphatic hydroxyl groups is 1. The van der Waals surface area contributed by atoms with Gasteiger partial charge in [-0.25, -0.2) is 0 Å². The van der Waals surface area contributed by atoms with E-state index in [2.05, 4.69) is 21.7 Å². The zero-order chi connectivity index (χ0) is 13.8. The van der Waals surface area contributed by atoms with Gasteiger partial charge in [-0.15, -0.1) is 0 Å². The molecular weight excluding hydrogens is 258 g/mol. The largest absolute Gasteiger partial charge is 0.496 e. The molecule has 2 aromatic rings. The highest BCUT2D eigenvalue weighted by Gasteiger charge is 2.16. The van der Waals surface area contributed by atoms with E-state index >= 15 is 0 Å². The van der Waals surface area contributed by atoms with E-state index in [-0.39, 0.29) is 0 Å². The molecule has 19 heavy (non-hydrogen) atoms. The van der Waals surface area contributed by atoms with Crippen LogP contribution in [-0.2, 0) is 6.54 Å². The van der Waals surface area contributed by atoms with Gasteiger partial charge in [0, 0.05) is 24.8 Å². The van der Waals surface area contributed by atoms with Gasteiger partial charge in [0.2, 0.25) is 0 Å². The molecule has 4 heteroatoms. The lowest BCUT2D eigenvalue weighted by atomic mass is 10.1. The van der Waals surface area contributed by atoms with Gasteiger partial charge in [-0.1, -0.05) is 6.07 Å². The zero-order valence-electron chi connectivity index (χ0n) is 11.5. The van der Waals surface area contributed by atoms with Crippen LogP contribution in [0.5, 0.6) is 5.75 Å². The van der Waals surface area contributed by atoms with Crippen molar-refractivity contribution in [1.29, 1.82) is 0 Å². The fourth-order valence-corrected chi connectivity index (χ4v) is 2.86. The molecule has 3 nitrogen and oxygen atoms in total. The minimum atomic E-state index is -0.559. The second-order valence-electron chi connectivity index (χ2n) is 4.56. The van der Waals surface area contributed by atoms with Crippen molar-refractivity contribution in [3.05, 3.63) is 46.2 Å². The second kappa shape index (κ2) is 6.08. The van der Waals surface area contributed by atoms with Crippen molar-refractivity contribution in [2.75, 3.05) is 19.1 Å². The third-order valence-corrected chi connectivity index (χ3v) is 3.82. The fraction of sp³-hybridized carbons (Fsp3) is 0.333. The van der Waals surface area contributed by atoms with Crippen molar-refractivity contribution in [2.24, 2.45) is 0 Å². The number of hydrogen-bond donors (Lipinski definition) is 1. The molecule has 0 aliphatic carbocycles. The van der Waals surface area contributed by atoms with Crippen LogP contribution in [-0.4, -0.2) is 19.3 Å². The van der Waals surface area contributed by atoms with Gasteiger partial charge >= 0.3 is 0 Å². The standard InChI is InChI=1S/C15H19NO2S/c1-11(17)15-13(5-4-6-14(15)18-3)16(2)9-12-7-8-19-10-12/h4-8,10-11,17H,9H2,1-3H3. The molecule has 0 bridgehead atoms. The van der Waals surface area contributed by atoms with Gasteiger partial charge in [0.1, 0.15) is 5.75 Å². The van der Waals surface area contributed by atoms with Gasteiger partial charge in [0.05, 0.1) is 13.2 Å². The predicted molar refractivity (Wildman–Crippen MR) is 80.1 cm³/mol. The first-order valence-corrected chi connectivity index (χ1v) is 7.15. The zero-order valence-corrected chi connectivity index (χ0v) is 12.3. The van der Waals surface area contributed by atoms with Crippen molar-refractivity contribution in [3.63, 3.8) is 0 Å². The van der Waals surface area contributed by atoms with Crippen LogP contribution in [0.4, 0.5) is 5.69 Å². The molecule has 1 N–H and O–H groups in total. The summed E-state index contributed by atoms with van der Waals surface area (Å²) in [6.45, 7) is 2.58. The minimum absolute atomic E-state index is 0.559. The Labute approximate surface area is 118 Å². The van der Waals surface area contributed by atoms with Gasteiger partial charge in [0.15, 0.2) is 0 Å². The quantitative estimate of drug-likeness (QED) is 0.908. The van der Waals surface area contributed by atoms with Gasteiger partial charge in [-0.3, -0.25) is 0 Å². The van der Waals surface area contributed by atoms with Crippen molar-refractivity contribution in [2.45, 2.75) is 19.6 Å². The summed E-state index contributed by atoms with van der Waals surface area (Å²) in [5, 5.41) is 14.2. The van der Waals surface area contributed by atoms with Crippen LogP contribution >= 0.6 is 11.3 Å². The molecule has 1 aromatic heterocycles. The van der Waals surface area contributed by atoms with E-state index < -0.39 is 6.10 Å². The van der Waals surface area contributed by atoms with Crippen LogP contribution < -0.4 is 9.64 Å². The summed E-state index contributed by atoms with van der Waals surface area (Å²) in [6, 6.07) is 7.95. The number of nitrogens with zero attached hydrogens (tertiary/aromatic N) is 1. The molecule has 0 amide bonds. The molecule has 1 heterocycles. The number of benzene rings is 1. The summed E-state index contributed by atoms with van der Waals surface area (Å²) < 4.78 is 5.35. The number of rotatable bonds is 5. The maximum absolute atomic E-state index is 9.99. The maximum atomic E-state index is 9.99.